The SMILES string of the molecule is O=C(N/N=C\c1cc(=O)[nH]c(=O)[nH]1)c1ccccc1. The molecule has 0 atom stereocenters. The third-order valence-electron chi connectivity index (χ3n) is 2.19. The Labute approximate surface area is 107 Å². The second kappa shape index (κ2) is 5.58. The lowest BCUT2D eigenvalue weighted by atomic mass is 10.2. The molecule has 3 N–H and O–H groups in total. The van der Waals surface area contributed by atoms with E-state index in [9.17, 15) is 14.4 Å². The molecule has 1 aromatic carbocycles. The van der Waals surface area contributed by atoms with Crippen LogP contribution in [0.15, 0.2) is 51.1 Å². The maximum atomic E-state index is 11.6. The fraction of sp³-hybridized carbons (Fsp3) is 0. The Kier molecular flexibility index (Phi) is 3.67. The number of nitrogens with zero attached hydrogens (tertiary/aromatic N) is 1. The lowest BCUT2D eigenvalue weighted by Crippen LogP contribution is -2.23. The van der Waals surface area contributed by atoms with Crippen LogP contribution in [0, 0.1) is 0 Å². The van der Waals surface area contributed by atoms with Crippen molar-refractivity contribution in [1.82, 2.24) is 15.4 Å². The van der Waals surface area contributed by atoms with E-state index in [0.717, 1.165) is 6.07 Å². The van der Waals surface area contributed by atoms with Crippen molar-refractivity contribution in [2.24, 2.45) is 5.10 Å². The Hall–Kier alpha value is -2.96. The number of benzene rings is 1. The summed E-state index contributed by atoms with van der Waals surface area (Å²) in [5.41, 5.74) is 1.76. The Morgan fingerprint density at radius 1 is 1.16 bits per heavy atom. The molecule has 0 saturated carbocycles. The number of aromatic nitrogens is 2. The Balaban J connectivity index is 2.06. The summed E-state index contributed by atoms with van der Waals surface area (Å²) in [4.78, 5) is 37.9. The zero-order valence-corrected chi connectivity index (χ0v) is 9.71. The summed E-state index contributed by atoms with van der Waals surface area (Å²) >= 11 is 0. The summed E-state index contributed by atoms with van der Waals surface area (Å²) in [5, 5.41) is 3.65. The molecule has 0 unspecified atom stereocenters. The van der Waals surface area contributed by atoms with Gasteiger partial charge >= 0.3 is 5.69 Å². The van der Waals surface area contributed by atoms with Gasteiger partial charge in [0.1, 0.15) is 0 Å². The molecule has 1 aromatic heterocycles. The number of amides is 1. The van der Waals surface area contributed by atoms with Gasteiger partial charge in [0.15, 0.2) is 0 Å². The molecule has 7 nitrogen and oxygen atoms in total. The van der Waals surface area contributed by atoms with Crippen LogP contribution in [-0.2, 0) is 0 Å². The molecule has 96 valence electrons. The average molecular weight is 258 g/mol. The Bertz CT molecular complexity index is 687. The minimum absolute atomic E-state index is 0.196. The zero-order valence-electron chi connectivity index (χ0n) is 9.71. The van der Waals surface area contributed by atoms with Crippen LogP contribution in [0.4, 0.5) is 0 Å². The molecule has 0 bridgehead atoms. The van der Waals surface area contributed by atoms with E-state index in [2.05, 4.69) is 15.5 Å². The number of hydrogen-bond acceptors (Lipinski definition) is 4. The zero-order chi connectivity index (χ0) is 13.7. The van der Waals surface area contributed by atoms with E-state index >= 15 is 0 Å². The van der Waals surface area contributed by atoms with E-state index in [4.69, 9.17) is 0 Å². The average Bonchev–Trinajstić information content (AvgIpc) is 2.38. The summed E-state index contributed by atoms with van der Waals surface area (Å²) in [6, 6.07) is 9.68. The molecule has 19 heavy (non-hydrogen) atoms. The number of aromatic amines is 2. The van der Waals surface area contributed by atoms with Crippen molar-refractivity contribution in [2.45, 2.75) is 0 Å². The minimum atomic E-state index is -0.636. The molecule has 0 fully saturated rings. The van der Waals surface area contributed by atoms with Crippen LogP contribution in [0.2, 0.25) is 0 Å². The van der Waals surface area contributed by atoms with Crippen molar-refractivity contribution >= 4 is 12.1 Å². The van der Waals surface area contributed by atoms with Crippen LogP contribution < -0.4 is 16.7 Å². The first-order chi connectivity index (χ1) is 9.15. The molecular formula is C12H10N4O3. The summed E-state index contributed by atoms with van der Waals surface area (Å²) in [5.74, 6) is -0.385. The third kappa shape index (κ3) is 3.50. The number of hydrazone groups is 1. The van der Waals surface area contributed by atoms with E-state index in [-0.39, 0.29) is 11.6 Å². The third-order valence-corrected chi connectivity index (χ3v) is 2.19. The highest BCUT2D eigenvalue weighted by Crippen LogP contribution is 1.97. The van der Waals surface area contributed by atoms with Crippen LogP contribution in [-0.4, -0.2) is 22.1 Å². The summed E-state index contributed by atoms with van der Waals surface area (Å²) in [6.07, 6.45) is 1.18. The molecule has 0 spiro atoms. The van der Waals surface area contributed by atoms with Crippen LogP contribution in [0.25, 0.3) is 0 Å². The second-order valence-corrected chi connectivity index (χ2v) is 3.61. The van der Waals surface area contributed by atoms with Gasteiger partial charge in [-0.1, -0.05) is 18.2 Å². The quantitative estimate of drug-likeness (QED) is 0.525. The first kappa shape index (κ1) is 12.5. The largest absolute Gasteiger partial charge is 0.326 e. The molecule has 2 rings (SSSR count). The van der Waals surface area contributed by atoms with Gasteiger partial charge in [-0.05, 0) is 12.1 Å². The van der Waals surface area contributed by atoms with Gasteiger partial charge in [-0.3, -0.25) is 14.6 Å². The van der Waals surface area contributed by atoms with Crippen molar-refractivity contribution in [3.63, 3.8) is 0 Å². The maximum absolute atomic E-state index is 11.6. The highest BCUT2D eigenvalue weighted by molar-refractivity contribution is 5.94. The van der Waals surface area contributed by atoms with Gasteiger partial charge in [0, 0.05) is 11.6 Å². The van der Waals surface area contributed by atoms with Crippen LogP contribution >= 0.6 is 0 Å². The lowest BCUT2D eigenvalue weighted by Gasteiger charge is -1.98. The fourth-order valence-electron chi connectivity index (χ4n) is 1.37. The molecule has 0 aliphatic heterocycles. The smallest absolute Gasteiger partial charge is 0.306 e. The van der Waals surface area contributed by atoms with Gasteiger partial charge in [-0.2, -0.15) is 5.10 Å². The number of H-pyrrole nitrogens is 2. The van der Waals surface area contributed by atoms with Gasteiger partial charge in [0.25, 0.3) is 11.5 Å². The topological polar surface area (TPSA) is 107 Å². The molecule has 0 radical (unpaired) electrons. The van der Waals surface area contributed by atoms with Crippen molar-refractivity contribution < 1.29 is 4.79 Å². The number of hydrogen-bond donors (Lipinski definition) is 3. The standard InChI is InChI=1S/C12H10N4O3/c17-10-6-9(14-12(19)15-10)7-13-16-11(18)8-4-2-1-3-5-8/h1-7H,(H,16,18)(H2,14,15,17,19)/b13-7-. The maximum Gasteiger partial charge on any atom is 0.326 e. The van der Waals surface area contributed by atoms with Crippen molar-refractivity contribution in [3.8, 4) is 0 Å². The highest BCUT2D eigenvalue weighted by Gasteiger charge is 2.01. The van der Waals surface area contributed by atoms with Crippen molar-refractivity contribution in [3.05, 3.63) is 68.5 Å². The van der Waals surface area contributed by atoms with Crippen LogP contribution in [0.1, 0.15) is 16.1 Å². The van der Waals surface area contributed by atoms with Crippen LogP contribution in [0.5, 0.6) is 0 Å². The minimum Gasteiger partial charge on any atom is -0.306 e. The molecular weight excluding hydrogens is 248 g/mol. The van der Waals surface area contributed by atoms with Gasteiger partial charge in [-0.15, -0.1) is 0 Å². The summed E-state index contributed by atoms with van der Waals surface area (Å²) in [6.45, 7) is 0. The summed E-state index contributed by atoms with van der Waals surface area (Å²) < 4.78 is 0. The number of carbonyl (C=O) groups is 1. The predicted octanol–water partition coefficient (Wildman–Crippen LogP) is -0.173. The fourth-order valence-corrected chi connectivity index (χ4v) is 1.37. The van der Waals surface area contributed by atoms with E-state index in [1.165, 1.54) is 6.21 Å². The number of nitrogens with one attached hydrogen (secondary N) is 3. The molecule has 1 amide bonds. The molecule has 0 aliphatic rings. The first-order valence-corrected chi connectivity index (χ1v) is 5.37. The summed E-state index contributed by atoms with van der Waals surface area (Å²) in [7, 11) is 0. The molecule has 0 aliphatic carbocycles. The van der Waals surface area contributed by atoms with Gasteiger partial charge in [0.05, 0.1) is 11.9 Å². The van der Waals surface area contributed by atoms with Crippen molar-refractivity contribution in [1.29, 1.82) is 0 Å². The van der Waals surface area contributed by atoms with E-state index < -0.39 is 11.2 Å². The van der Waals surface area contributed by atoms with E-state index in [0.29, 0.717) is 5.56 Å². The number of rotatable bonds is 3. The van der Waals surface area contributed by atoms with E-state index in [1.54, 1.807) is 30.3 Å². The van der Waals surface area contributed by atoms with Gasteiger partial charge < -0.3 is 4.98 Å². The Morgan fingerprint density at radius 2 is 1.89 bits per heavy atom. The Morgan fingerprint density at radius 3 is 2.58 bits per heavy atom. The molecule has 1 heterocycles. The highest BCUT2D eigenvalue weighted by atomic mass is 16.2. The lowest BCUT2D eigenvalue weighted by molar-refractivity contribution is 0.0955. The first-order valence-electron chi connectivity index (χ1n) is 5.37. The van der Waals surface area contributed by atoms with E-state index in [1.807, 2.05) is 4.98 Å². The monoisotopic (exact) mass is 258 g/mol. The van der Waals surface area contributed by atoms with Crippen LogP contribution in [0.3, 0.4) is 0 Å². The normalized spacial score (nSPS) is 10.5. The second-order valence-electron chi connectivity index (χ2n) is 3.61. The van der Waals surface area contributed by atoms with Gasteiger partial charge in [0.2, 0.25) is 0 Å². The van der Waals surface area contributed by atoms with Gasteiger partial charge in [-0.25, -0.2) is 10.2 Å². The predicted molar refractivity (Wildman–Crippen MR) is 69.2 cm³/mol. The molecule has 7 heteroatoms. The molecule has 0 saturated heterocycles. The number of carbonyl (C=O) groups excluding carboxylic acids is 1. The molecule has 2 aromatic rings. The van der Waals surface area contributed by atoms with Crippen molar-refractivity contribution in [2.75, 3.05) is 0 Å².